The van der Waals surface area contributed by atoms with Crippen LogP contribution in [0.2, 0.25) is 5.28 Å². The zero-order valence-electron chi connectivity index (χ0n) is 11.2. The van der Waals surface area contributed by atoms with Gasteiger partial charge in [0.2, 0.25) is 11.2 Å². The van der Waals surface area contributed by atoms with Crippen LogP contribution in [0.1, 0.15) is 20.8 Å². The topological polar surface area (TPSA) is 84.4 Å². The van der Waals surface area contributed by atoms with Crippen LogP contribution < -0.4 is 10.2 Å². The number of halogens is 1. The van der Waals surface area contributed by atoms with Crippen molar-refractivity contribution in [2.75, 3.05) is 10.2 Å². The van der Waals surface area contributed by atoms with E-state index in [1.54, 1.807) is 13.8 Å². The summed E-state index contributed by atoms with van der Waals surface area (Å²) in [5.74, 6) is 0.00826. The number of fused-ring (bicyclic) bond motifs is 1. The third-order valence-electron chi connectivity index (χ3n) is 2.76. The quantitative estimate of drug-likeness (QED) is 0.635. The third-order valence-corrected chi connectivity index (χ3v) is 2.94. The predicted octanol–water partition coefficient (Wildman–Crippen LogP) is 2.34. The van der Waals surface area contributed by atoms with Crippen LogP contribution in [0.4, 0.5) is 16.3 Å². The van der Waals surface area contributed by atoms with Crippen LogP contribution in [0.25, 0.3) is 0 Å². The Morgan fingerprint density at radius 2 is 2.20 bits per heavy atom. The Morgan fingerprint density at radius 1 is 1.55 bits per heavy atom. The molecule has 1 N–H and O–H groups in total. The number of rotatable bonds is 1. The molecule has 8 heteroatoms. The Labute approximate surface area is 120 Å². The molecular weight excluding hydrogens is 284 g/mol. The van der Waals surface area contributed by atoms with E-state index in [1.165, 1.54) is 13.1 Å². The monoisotopic (exact) mass is 296 g/mol. The van der Waals surface area contributed by atoms with Crippen molar-refractivity contribution in [3.8, 4) is 0 Å². The number of nitrogens with zero attached hydrogens (tertiary/aromatic N) is 3. The number of allylic oxidation sites excluding steroid dienone is 1. The lowest BCUT2D eigenvalue weighted by Crippen LogP contribution is -2.58. The fraction of sp³-hybridized carbons (Fsp3) is 0.333. The van der Waals surface area contributed by atoms with Gasteiger partial charge in [-0.2, -0.15) is 4.98 Å². The first-order valence-corrected chi connectivity index (χ1v) is 6.13. The molecule has 1 aromatic heterocycles. The maximum Gasteiger partial charge on any atom is 0.421 e. The van der Waals surface area contributed by atoms with Gasteiger partial charge in [0, 0.05) is 0 Å². The van der Waals surface area contributed by atoms with E-state index in [4.69, 9.17) is 16.3 Å². The molecule has 7 nitrogen and oxygen atoms in total. The molecule has 106 valence electrons. The highest BCUT2D eigenvalue weighted by molar-refractivity contribution is 6.28. The van der Waals surface area contributed by atoms with Crippen molar-refractivity contribution in [2.45, 2.75) is 26.3 Å². The number of nitrogens with one attached hydrogen (secondary N) is 1. The van der Waals surface area contributed by atoms with Crippen molar-refractivity contribution >= 4 is 35.1 Å². The van der Waals surface area contributed by atoms with Gasteiger partial charge in [0.05, 0.1) is 12.0 Å². The first-order valence-electron chi connectivity index (χ1n) is 5.75. The van der Waals surface area contributed by atoms with Gasteiger partial charge in [-0.1, -0.05) is 6.58 Å². The lowest BCUT2D eigenvalue weighted by Gasteiger charge is -2.39. The minimum Gasteiger partial charge on any atom is -0.415 e. The van der Waals surface area contributed by atoms with Gasteiger partial charge in [-0.25, -0.2) is 14.7 Å². The largest absolute Gasteiger partial charge is 0.421 e. The molecule has 0 radical (unpaired) electrons. The van der Waals surface area contributed by atoms with E-state index in [2.05, 4.69) is 21.9 Å². The second-order valence-electron chi connectivity index (χ2n) is 4.79. The number of ether oxygens (including phenoxy) is 1. The molecule has 1 aromatic rings. The Bertz CT molecular complexity index is 615. The van der Waals surface area contributed by atoms with Crippen molar-refractivity contribution in [3.05, 3.63) is 23.8 Å². The fourth-order valence-electron chi connectivity index (χ4n) is 1.76. The van der Waals surface area contributed by atoms with Crippen LogP contribution in [0.5, 0.6) is 0 Å². The molecule has 2 rings (SSSR count). The summed E-state index contributed by atoms with van der Waals surface area (Å²) in [5.41, 5.74) is -0.894. The number of amides is 2. The van der Waals surface area contributed by atoms with Gasteiger partial charge in [-0.15, -0.1) is 0 Å². The van der Waals surface area contributed by atoms with Gasteiger partial charge >= 0.3 is 6.09 Å². The van der Waals surface area contributed by atoms with Gasteiger partial charge < -0.3 is 10.1 Å². The number of hydrogen-bond donors (Lipinski definition) is 1. The molecule has 0 aliphatic carbocycles. The second-order valence-corrected chi connectivity index (χ2v) is 5.13. The van der Waals surface area contributed by atoms with Crippen molar-refractivity contribution in [1.29, 1.82) is 0 Å². The van der Waals surface area contributed by atoms with Crippen molar-refractivity contribution < 1.29 is 14.3 Å². The minimum absolute atomic E-state index is 0.0381. The average Bonchev–Trinajstić information content (AvgIpc) is 2.29. The smallest absolute Gasteiger partial charge is 0.415 e. The second kappa shape index (κ2) is 4.75. The van der Waals surface area contributed by atoms with Crippen molar-refractivity contribution in [2.24, 2.45) is 0 Å². The van der Waals surface area contributed by atoms with Crippen LogP contribution in [0, 0.1) is 0 Å². The van der Waals surface area contributed by atoms with Crippen molar-refractivity contribution in [1.82, 2.24) is 9.97 Å². The number of carbonyl (C=O) groups excluding carboxylic acids is 2. The molecular formula is C12H13ClN4O3. The Kier molecular flexibility index (Phi) is 3.39. The lowest BCUT2D eigenvalue weighted by atomic mass is 9.99. The zero-order chi connectivity index (χ0) is 15.1. The fourth-order valence-corrected chi connectivity index (χ4v) is 1.89. The molecule has 0 fully saturated rings. The van der Waals surface area contributed by atoms with Gasteiger partial charge in [0.1, 0.15) is 11.2 Å². The van der Waals surface area contributed by atoms with Gasteiger partial charge in [-0.05, 0) is 32.4 Å². The predicted molar refractivity (Wildman–Crippen MR) is 73.5 cm³/mol. The molecule has 0 saturated carbocycles. The number of aromatic nitrogens is 2. The molecule has 2 amide bonds. The van der Waals surface area contributed by atoms with E-state index >= 15 is 0 Å². The first kappa shape index (κ1) is 14.3. The van der Waals surface area contributed by atoms with E-state index in [0.29, 0.717) is 0 Å². The lowest BCUT2D eigenvalue weighted by molar-refractivity contribution is -0.120. The average molecular weight is 297 g/mol. The number of anilines is 2. The molecule has 2 heterocycles. The molecule has 0 bridgehead atoms. The molecule has 20 heavy (non-hydrogen) atoms. The first-order chi connectivity index (χ1) is 9.23. The molecule has 0 saturated heterocycles. The molecule has 0 aromatic carbocycles. The molecule has 0 spiro atoms. The molecule has 1 aliphatic heterocycles. The third kappa shape index (κ3) is 2.32. The van der Waals surface area contributed by atoms with Crippen LogP contribution in [-0.2, 0) is 9.53 Å². The Morgan fingerprint density at radius 3 is 2.80 bits per heavy atom. The summed E-state index contributed by atoms with van der Waals surface area (Å²) in [6.45, 7) is 8.17. The van der Waals surface area contributed by atoms with E-state index in [0.717, 1.165) is 4.90 Å². The highest BCUT2D eigenvalue weighted by Crippen LogP contribution is 2.36. The maximum atomic E-state index is 12.2. The summed E-state index contributed by atoms with van der Waals surface area (Å²) in [4.78, 5) is 33.2. The van der Waals surface area contributed by atoms with E-state index in [1.807, 2.05) is 0 Å². The normalized spacial score (nSPS) is 16.2. The van der Waals surface area contributed by atoms with Crippen LogP contribution in [0.15, 0.2) is 18.5 Å². The summed E-state index contributed by atoms with van der Waals surface area (Å²) in [7, 11) is 0. The molecule has 0 unspecified atom stereocenters. The van der Waals surface area contributed by atoms with Crippen LogP contribution in [0.3, 0.4) is 0 Å². The van der Waals surface area contributed by atoms with E-state index in [9.17, 15) is 9.59 Å². The SMILES string of the molecule is C=C(C)OC(=O)N1c2nc(Cl)ncc2NC(=O)C1(C)C. The summed E-state index contributed by atoms with van der Waals surface area (Å²) in [6, 6.07) is 0. The number of carbonyl (C=O) groups is 2. The van der Waals surface area contributed by atoms with Gasteiger partial charge in [0.25, 0.3) is 0 Å². The maximum absolute atomic E-state index is 12.2. The van der Waals surface area contributed by atoms with Crippen LogP contribution in [-0.4, -0.2) is 27.5 Å². The van der Waals surface area contributed by atoms with E-state index < -0.39 is 11.6 Å². The summed E-state index contributed by atoms with van der Waals surface area (Å²) in [5, 5.41) is 2.58. The standard InChI is InChI=1S/C12H13ClN4O3/c1-6(2)20-11(19)17-8-7(5-14-10(13)16-8)15-9(18)12(17,3)4/h5H,1H2,2-4H3,(H,15,18). The van der Waals surface area contributed by atoms with Gasteiger partial charge in [-0.3, -0.25) is 4.79 Å². The van der Waals surface area contributed by atoms with Crippen LogP contribution >= 0.6 is 11.6 Å². The van der Waals surface area contributed by atoms with Gasteiger partial charge in [0.15, 0.2) is 5.82 Å². The Hall–Kier alpha value is -2.15. The molecule has 0 atom stereocenters. The zero-order valence-corrected chi connectivity index (χ0v) is 12.0. The summed E-state index contributed by atoms with van der Waals surface area (Å²) >= 11 is 5.75. The minimum atomic E-state index is -1.18. The van der Waals surface area contributed by atoms with E-state index in [-0.39, 0.29) is 28.5 Å². The number of hydrogen-bond acceptors (Lipinski definition) is 5. The molecule has 1 aliphatic rings. The highest BCUT2D eigenvalue weighted by atomic mass is 35.5. The summed E-state index contributed by atoms with van der Waals surface area (Å²) < 4.78 is 4.98. The Balaban J connectivity index is 2.56. The summed E-state index contributed by atoms with van der Waals surface area (Å²) in [6.07, 6.45) is 0.576. The van der Waals surface area contributed by atoms with Crippen molar-refractivity contribution in [3.63, 3.8) is 0 Å². The highest BCUT2D eigenvalue weighted by Gasteiger charge is 2.46.